The van der Waals surface area contributed by atoms with E-state index in [1.165, 1.54) is 0 Å². The van der Waals surface area contributed by atoms with Gasteiger partial charge in [-0.2, -0.15) is 5.26 Å². The van der Waals surface area contributed by atoms with E-state index in [9.17, 15) is 4.79 Å². The molecular weight excluding hydrogens is 252 g/mol. The first-order chi connectivity index (χ1) is 9.39. The van der Waals surface area contributed by atoms with Crippen LogP contribution in [-0.4, -0.2) is 18.1 Å². The van der Waals surface area contributed by atoms with Crippen LogP contribution in [0.5, 0.6) is 0 Å². The Balaban J connectivity index is 2.08. The molecule has 4 heteroatoms. The van der Waals surface area contributed by atoms with Crippen molar-refractivity contribution in [3.63, 3.8) is 0 Å². The van der Waals surface area contributed by atoms with Gasteiger partial charge >= 0.3 is 5.97 Å². The van der Waals surface area contributed by atoms with Crippen LogP contribution in [0.3, 0.4) is 0 Å². The van der Waals surface area contributed by atoms with Crippen molar-refractivity contribution in [1.29, 1.82) is 5.26 Å². The van der Waals surface area contributed by atoms with Crippen LogP contribution in [0.1, 0.15) is 38.3 Å². The summed E-state index contributed by atoms with van der Waals surface area (Å²) in [6.07, 6.45) is 1.52. The summed E-state index contributed by atoms with van der Waals surface area (Å²) >= 11 is 0. The lowest BCUT2D eigenvalue weighted by molar-refractivity contribution is -0.159. The van der Waals surface area contributed by atoms with Crippen LogP contribution in [-0.2, 0) is 16.0 Å². The van der Waals surface area contributed by atoms with E-state index in [1.54, 1.807) is 6.07 Å². The molecular formula is C16H20N2O2. The number of nitrogens with one attached hydrogen (secondary N) is 1. The van der Waals surface area contributed by atoms with Gasteiger partial charge in [-0.15, -0.1) is 0 Å². The quantitative estimate of drug-likeness (QED) is 0.798. The molecule has 20 heavy (non-hydrogen) atoms. The number of hydrogen-bond acceptors (Lipinski definition) is 4. The largest absolute Gasteiger partial charge is 0.460 e. The fourth-order valence-electron chi connectivity index (χ4n) is 2.29. The zero-order valence-corrected chi connectivity index (χ0v) is 12.2. The molecule has 0 spiro atoms. The number of rotatable bonds is 1. The van der Waals surface area contributed by atoms with Crippen molar-refractivity contribution in [3.8, 4) is 6.07 Å². The van der Waals surface area contributed by atoms with Crippen LogP contribution in [0.15, 0.2) is 18.2 Å². The molecule has 0 saturated heterocycles. The van der Waals surface area contributed by atoms with E-state index in [0.29, 0.717) is 12.1 Å². The number of carbonyl (C=O) groups excluding carboxylic acids is 1. The van der Waals surface area contributed by atoms with Gasteiger partial charge in [0.05, 0.1) is 17.6 Å². The predicted molar refractivity (Wildman–Crippen MR) is 77.3 cm³/mol. The molecule has 0 bridgehead atoms. The third-order valence-corrected chi connectivity index (χ3v) is 3.28. The lowest BCUT2D eigenvalue weighted by Gasteiger charge is -2.23. The zero-order chi connectivity index (χ0) is 14.8. The van der Waals surface area contributed by atoms with Gasteiger partial charge in [-0.05, 0) is 57.4 Å². The lowest BCUT2D eigenvalue weighted by Crippen LogP contribution is -2.31. The number of fused-ring (bicyclic) bond motifs is 1. The third kappa shape index (κ3) is 3.51. The number of nitriles is 1. The van der Waals surface area contributed by atoms with Gasteiger partial charge in [0.15, 0.2) is 0 Å². The molecule has 4 nitrogen and oxygen atoms in total. The van der Waals surface area contributed by atoms with Crippen molar-refractivity contribution in [2.24, 2.45) is 5.92 Å². The lowest BCUT2D eigenvalue weighted by atomic mass is 10.00. The summed E-state index contributed by atoms with van der Waals surface area (Å²) in [5, 5.41) is 12.2. The van der Waals surface area contributed by atoms with Crippen molar-refractivity contribution in [1.82, 2.24) is 0 Å². The Morgan fingerprint density at radius 2 is 2.20 bits per heavy atom. The Bertz CT molecular complexity index is 553. The van der Waals surface area contributed by atoms with Gasteiger partial charge in [-0.3, -0.25) is 4.79 Å². The monoisotopic (exact) mass is 272 g/mol. The second kappa shape index (κ2) is 5.54. The summed E-state index contributed by atoms with van der Waals surface area (Å²) in [5.74, 6) is -0.300. The van der Waals surface area contributed by atoms with Gasteiger partial charge in [0.2, 0.25) is 0 Å². The molecule has 1 aromatic carbocycles. The van der Waals surface area contributed by atoms with Gasteiger partial charge in [0.1, 0.15) is 5.60 Å². The Morgan fingerprint density at radius 1 is 1.45 bits per heavy atom. The topological polar surface area (TPSA) is 62.1 Å². The highest BCUT2D eigenvalue weighted by molar-refractivity contribution is 5.74. The van der Waals surface area contributed by atoms with Crippen molar-refractivity contribution >= 4 is 11.7 Å². The number of nitrogens with zero attached hydrogens (tertiary/aromatic N) is 1. The standard InChI is InChI=1S/C16H20N2O2/c1-16(2,3)20-15(19)13-6-5-12-8-11(9-17)4-7-14(12)18-10-13/h4,7-8,13,18H,5-6,10H2,1-3H3. The number of hydrogen-bond donors (Lipinski definition) is 1. The molecule has 1 aromatic rings. The molecule has 2 rings (SSSR count). The van der Waals surface area contributed by atoms with E-state index >= 15 is 0 Å². The van der Waals surface area contributed by atoms with E-state index in [4.69, 9.17) is 10.00 Å². The maximum absolute atomic E-state index is 12.1. The summed E-state index contributed by atoms with van der Waals surface area (Å²) in [6.45, 7) is 6.21. The highest BCUT2D eigenvalue weighted by Gasteiger charge is 2.27. The molecule has 1 aliphatic rings. The van der Waals surface area contributed by atoms with Crippen LogP contribution < -0.4 is 5.32 Å². The highest BCUT2D eigenvalue weighted by atomic mass is 16.6. The molecule has 1 heterocycles. The molecule has 0 fully saturated rings. The second-order valence-electron chi connectivity index (χ2n) is 6.13. The van der Waals surface area contributed by atoms with E-state index in [0.717, 1.165) is 24.1 Å². The molecule has 0 saturated carbocycles. The number of ether oxygens (including phenoxy) is 1. The average Bonchev–Trinajstić information content (AvgIpc) is 2.58. The summed E-state index contributed by atoms with van der Waals surface area (Å²) in [4.78, 5) is 12.1. The van der Waals surface area contributed by atoms with Crippen LogP contribution in [0.4, 0.5) is 5.69 Å². The van der Waals surface area contributed by atoms with Crippen LogP contribution >= 0.6 is 0 Å². The Morgan fingerprint density at radius 3 is 2.85 bits per heavy atom. The summed E-state index contributed by atoms with van der Waals surface area (Å²) < 4.78 is 5.45. The summed E-state index contributed by atoms with van der Waals surface area (Å²) in [7, 11) is 0. The van der Waals surface area contributed by atoms with Gasteiger partial charge in [-0.1, -0.05) is 0 Å². The summed E-state index contributed by atoms with van der Waals surface area (Å²) in [6, 6.07) is 7.73. The first-order valence-electron chi connectivity index (χ1n) is 6.89. The number of carbonyl (C=O) groups is 1. The fraction of sp³-hybridized carbons (Fsp3) is 0.500. The van der Waals surface area contributed by atoms with Crippen molar-refractivity contribution < 1.29 is 9.53 Å². The van der Waals surface area contributed by atoms with Crippen molar-refractivity contribution in [2.45, 2.75) is 39.2 Å². The van der Waals surface area contributed by atoms with Gasteiger partial charge in [0.25, 0.3) is 0 Å². The normalized spacial score (nSPS) is 18.2. The number of esters is 1. The number of benzene rings is 1. The minimum Gasteiger partial charge on any atom is -0.460 e. The highest BCUT2D eigenvalue weighted by Crippen LogP contribution is 2.26. The molecule has 1 N–H and O–H groups in total. The molecule has 0 amide bonds. The smallest absolute Gasteiger partial charge is 0.311 e. The minimum atomic E-state index is -0.454. The number of aryl methyl sites for hydroxylation is 1. The fourth-order valence-corrected chi connectivity index (χ4v) is 2.29. The van der Waals surface area contributed by atoms with Crippen molar-refractivity contribution in [2.75, 3.05) is 11.9 Å². The van der Waals surface area contributed by atoms with Crippen LogP contribution in [0, 0.1) is 17.2 Å². The zero-order valence-electron chi connectivity index (χ0n) is 12.2. The second-order valence-corrected chi connectivity index (χ2v) is 6.13. The Kier molecular flexibility index (Phi) is 3.99. The van der Waals surface area contributed by atoms with E-state index in [-0.39, 0.29) is 11.9 Å². The minimum absolute atomic E-state index is 0.146. The molecule has 0 radical (unpaired) electrons. The van der Waals surface area contributed by atoms with Crippen molar-refractivity contribution in [3.05, 3.63) is 29.3 Å². The van der Waals surface area contributed by atoms with Gasteiger partial charge in [0, 0.05) is 12.2 Å². The first-order valence-corrected chi connectivity index (χ1v) is 6.89. The SMILES string of the molecule is CC(C)(C)OC(=O)C1CCc2cc(C#N)ccc2NC1. The average molecular weight is 272 g/mol. The Hall–Kier alpha value is -2.02. The van der Waals surface area contributed by atoms with Crippen LogP contribution in [0.25, 0.3) is 0 Å². The van der Waals surface area contributed by atoms with Crippen LogP contribution in [0.2, 0.25) is 0 Å². The molecule has 106 valence electrons. The maximum atomic E-state index is 12.1. The van der Waals surface area contributed by atoms with E-state index in [1.807, 2.05) is 32.9 Å². The van der Waals surface area contributed by atoms with E-state index in [2.05, 4.69) is 11.4 Å². The first kappa shape index (κ1) is 14.4. The Labute approximate surface area is 119 Å². The van der Waals surface area contributed by atoms with Gasteiger partial charge in [-0.25, -0.2) is 0 Å². The molecule has 1 aliphatic heterocycles. The predicted octanol–water partition coefficient (Wildman–Crippen LogP) is 2.87. The summed E-state index contributed by atoms with van der Waals surface area (Å²) in [5.41, 5.74) is 2.30. The number of anilines is 1. The molecule has 1 unspecified atom stereocenters. The molecule has 0 aromatic heterocycles. The maximum Gasteiger partial charge on any atom is 0.311 e. The third-order valence-electron chi connectivity index (χ3n) is 3.28. The molecule has 1 atom stereocenters. The van der Waals surface area contributed by atoms with Gasteiger partial charge < -0.3 is 10.1 Å². The van der Waals surface area contributed by atoms with E-state index < -0.39 is 5.60 Å². The molecule has 0 aliphatic carbocycles.